The molecular formula is C21H24N2O4. The minimum atomic E-state index is -0.919. The molecule has 4 heterocycles. The molecule has 1 aromatic carbocycles. The van der Waals surface area contributed by atoms with Crippen LogP contribution in [0.3, 0.4) is 0 Å². The number of aliphatic carboxylic acids is 1. The largest absolute Gasteiger partial charge is 0.497 e. The van der Waals surface area contributed by atoms with Crippen LogP contribution in [-0.4, -0.2) is 52.3 Å². The quantitative estimate of drug-likeness (QED) is 0.790. The van der Waals surface area contributed by atoms with Gasteiger partial charge in [0.15, 0.2) is 0 Å². The number of fused-ring (bicyclic) bond motifs is 4. The molecule has 5 atom stereocenters. The molecule has 3 fully saturated rings. The molecule has 2 aromatic rings. The summed E-state index contributed by atoms with van der Waals surface area (Å²) in [7, 11) is 1.61. The summed E-state index contributed by atoms with van der Waals surface area (Å²) < 4.78 is 5.32. The van der Waals surface area contributed by atoms with Gasteiger partial charge in [-0.25, -0.2) is 0 Å². The van der Waals surface area contributed by atoms with E-state index in [-0.39, 0.29) is 12.0 Å². The van der Waals surface area contributed by atoms with E-state index in [1.54, 1.807) is 19.4 Å². The van der Waals surface area contributed by atoms with Crippen LogP contribution in [0.1, 0.15) is 24.5 Å². The molecule has 2 bridgehead atoms. The van der Waals surface area contributed by atoms with Gasteiger partial charge in [0.1, 0.15) is 11.2 Å². The molecule has 27 heavy (non-hydrogen) atoms. The van der Waals surface area contributed by atoms with Crippen LogP contribution in [-0.2, 0) is 4.79 Å². The number of hydrogen-bond acceptors (Lipinski definition) is 5. The molecule has 0 radical (unpaired) electrons. The van der Waals surface area contributed by atoms with Crippen molar-refractivity contribution >= 4 is 16.9 Å². The summed E-state index contributed by atoms with van der Waals surface area (Å²) in [6.07, 6.45) is 4.01. The van der Waals surface area contributed by atoms with Gasteiger partial charge in [0, 0.05) is 24.2 Å². The molecular weight excluding hydrogens is 344 g/mol. The molecule has 142 valence electrons. The van der Waals surface area contributed by atoms with Crippen molar-refractivity contribution in [1.29, 1.82) is 0 Å². The fraction of sp³-hybridized carbons (Fsp3) is 0.429. The zero-order chi connectivity index (χ0) is 19.2. The van der Waals surface area contributed by atoms with E-state index in [1.165, 1.54) is 0 Å². The summed E-state index contributed by atoms with van der Waals surface area (Å²) >= 11 is 0. The van der Waals surface area contributed by atoms with Crippen LogP contribution in [0, 0.1) is 11.3 Å². The third kappa shape index (κ3) is 2.71. The van der Waals surface area contributed by atoms with Gasteiger partial charge < -0.3 is 14.9 Å². The van der Waals surface area contributed by atoms with Gasteiger partial charge in [-0.1, -0.05) is 6.08 Å². The monoisotopic (exact) mass is 368 g/mol. The number of benzene rings is 1. The number of pyridine rings is 1. The molecule has 1 unspecified atom stereocenters. The van der Waals surface area contributed by atoms with Crippen LogP contribution in [0.15, 0.2) is 43.1 Å². The Morgan fingerprint density at radius 3 is 2.93 bits per heavy atom. The number of carboxylic acids is 1. The van der Waals surface area contributed by atoms with Gasteiger partial charge in [-0.05, 0) is 55.1 Å². The van der Waals surface area contributed by atoms with E-state index < -0.39 is 17.5 Å². The van der Waals surface area contributed by atoms with E-state index in [2.05, 4.69) is 16.5 Å². The first-order valence-electron chi connectivity index (χ1n) is 9.22. The van der Waals surface area contributed by atoms with E-state index in [4.69, 9.17) is 4.74 Å². The predicted molar refractivity (Wildman–Crippen MR) is 102 cm³/mol. The predicted octanol–water partition coefficient (Wildman–Crippen LogP) is 2.63. The molecule has 6 heteroatoms. The van der Waals surface area contributed by atoms with Crippen molar-refractivity contribution in [1.82, 2.24) is 9.88 Å². The van der Waals surface area contributed by atoms with Gasteiger partial charge in [-0.15, -0.1) is 6.58 Å². The van der Waals surface area contributed by atoms with Crippen molar-refractivity contribution in [3.8, 4) is 5.75 Å². The molecule has 3 aliphatic rings. The van der Waals surface area contributed by atoms with Gasteiger partial charge >= 0.3 is 5.97 Å². The number of carboxylic acid groups (broad SMARTS) is 1. The second-order valence-electron chi connectivity index (χ2n) is 7.54. The average molecular weight is 368 g/mol. The van der Waals surface area contributed by atoms with Gasteiger partial charge in [0.2, 0.25) is 0 Å². The Hall–Kier alpha value is -2.44. The summed E-state index contributed by atoms with van der Waals surface area (Å²) in [6, 6.07) is 7.34. The number of carbonyl (C=O) groups is 1. The van der Waals surface area contributed by atoms with Crippen LogP contribution >= 0.6 is 0 Å². The van der Waals surface area contributed by atoms with Crippen molar-refractivity contribution in [2.75, 3.05) is 20.2 Å². The Bertz CT molecular complexity index is 899. The van der Waals surface area contributed by atoms with Crippen molar-refractivity contribution in [2.24, 2.45) is 11.3 Å². The number of aromatic nitrogens is 1. The Balaban J connectivity index is 1.69. The third-order valence-electron chi connectivity index (χ3n) is 6.38. The molecule has 2 N–H and O–H groups in total. The van der Waals surface area contributed by atoms with Gasteiger partial charge in [-0.3, -0.25) is 14.7 Å². The van der Waals surface area contributed by atoms with Crippen LogP contribution in [0.5, 0.6) is 5.75 Å². The maximum atomic E-state index is 11.9. The molecule has 3 aliphatic heterocycles. The third-order valence-corrected chi connectivity index (χ3v) is 6.38. The van der Waals surface area contributed by atoms with E-state index in [9.17, 15) is 15.0 Å². The Morgan fingerprint density at radius 2 is 2.30 bits per heavy atom. The Morgan fingerprint density at radius 1 is 1.48 bits per heavy atom. The summed E-state index contributed by atoms with van der Waals surface area (Å²) in [5.41, 5.74) is 0.683. The lowest BCUT2D eigenvalue weighted by atomic mass is 9.63. The lowest BCUT2D eigenvalue weighted by Crippen LogP contribution is -2.62. The summed E-state index contributed by atoms with van der Waals surface area (Å²) in [4.78, 5) is 18.4. The average Bonchev–Trinajstić information content (AvgIpc) is 2.72. The highest BCUT2D eigenvalue weighted by atomic mass is 16.5. The van der Waals surface area contributed by atoms with Crippen molar-refractivity contribution in [3.05, 3.63) is 48.7 Å². The number of ether oxygens (including phenoxy) is 1. The topological polar surface area (TPSA) is 82.9 Å². The van der Waals surface area contributed by atoms with Crippen LogP contribution < -0.4 is 4.74 Å². The van der Waals surface area contributed by atoms with Crippen molar-refractivity contribution < 1.29 is 19.7 Å². The van der Waals surface area contributed by atoms with Crippen LogP contribution in [0.2, 0.25) is 0 Å². The van der Waals surface area contributed by atoms with Crippen LogP contribution in [0.4, 0.5) is 0 Å². The lowest BCUT2D eigenvalue weighted by Gasteiger charge is -2.54. The summed E-state index contributed by atoms with van der Waals surface area (Å²) in [5.74, 6) is -0.120. The molecule has 0 aliphatic carbocycles. The molecule has 6 nitrogen and oxygen atoms in total. The smallest absolute Gasteiger partial charge is 0.315 e. The first kappa shape index (κ1) is 17.9. The van der Waals surface area contributed by atoms with E-state index in [0.717, 1.165) is 29.4 Å². The molecule has 1 aromatic heterocycles. The van der Waals surface area contributed by atoms with Crippen molar-refractivity contribution in [3.63, 3.8) is 0 Å². The molecule has 0 spiro atoms. The van der Waals surface area contributed by atoms with Crippen LogP contribution in [0.25, 0.3) is 10.9 Å². The standard InChI is InChI=1S/C21H24N2O4/c1-3-21(20(25)26)12-23-9-7-13(21)10-18(23)19(24)15-6-8-22-17-5-4-14(27-2)11-16(15)17/h3-6,8,11,13,18-19,24H,1,7,9-10,12H2,2H3,(H,25,26)/t13-,18+,19+,21+/m0/s1. The maximum Gasteiger partial charge on any atom is 0.315 e. The van der Waals surface area contributed by atoms with Gasteiger partial charge in [0.25, 0.3) is 0 Å². The first-order valence-corrected chi connectivity index (χ1v) is 9.22. The number of hydrogen-bond donors (Lipinski definition) is 2. The second-order valence-corrected chi connectivity index (χ2v) is 7.54. The SMILES string of the molecule is C=C[C@@]1(C(=O)O)CN2CC[C@H]1C[C@@H]2[C@H](O)c1ccnc2ccc(OC)cc12. The highest BCUT2D eigenvalue weighted by Gasteiger charge is 2.54. The number of aliphatic hydroxyl groups excluding tert-OH is 1. The zero-order valence-corrected chi connectivity index (χ0v) is 15.3. The van der Waals surface area contributed by atoms with E-state index in [0.29, 0.717) is 18.7 Å². The zero-order valence-electron chi connectivity index (χ0n) is 15.3. The molecule has 5 rings (SSSR count). The van der Waals surface area contributed by atoms with Crippen molar-refractivity contribution in [2.45, 2.75) is 25.0 Å². The first-order chi connectivity index (χ1) is 13.0. The lowest BCUT2D eigenvalue weighted by molar-refractivity contribution is -0.162. The number of nitrogens with zero attached hydrogens (tertiary/aromatic N) is 2. The summed E-state index contributed by atoms with van der Waals surface area (Å²) in [5, 5.41) is 21.9. The highest BCUT2D eigenvalue weighted by Crippen LogP contribution is 2.48. The van der Waals surface area contributed by atoms with E-state index in [1.807, 2.05) is 24.3 Å². The molecule has 3 saturated heterocycles. The minimum Gasteiger partial charge on any atom is -0.497 e. The minimum absolute atomic E-state index is 0.0141. The molecule has 0 saturated carbocycles. The van der Waals surface area contributed by atoms with Gasteiger partial charge in [0.05, 0.1) is 18.7 Å². The number of rotatable bonds is 5. The fourth-order valence-electron chi connectivity index (χ4n) is 4.80. The van der Waals surface area contributed by atoms with E-state index >= 15 is 0 Å². The summed E-state index contributed by atoms with van der Waals surface area (Å²) in [6.45, 7) is 4.98. The fourth-order valence-corrected chi connectivity index (χ4v) is 4.80. The maximum absolute atomic E-state index is 11.9. The Kier molecular flexibility index (Phi) is 4.40. The number of methoxy groups -OCH3 is 1. The molecule has 0 amide bonds. The Labute approximate surface area is 158 Å². The number of aliphatic hydroxyl groups is 1. The number of piperidine rings is 3. The normalized spacial score (nSPS) is 30.8. The second kappa shape index (κ2) is 6.62. The van der Waals surface area contributed by atoms with Gasteiger partial charge in [-0.2, -0.15) is 0 Å². The highest BCUT2D eigenvalue weighted by molar-refractivity contribution is 5.84.